The lowest BCUT2D eigenvalue weighted by atomic mass is 9.72. The first-order valence-electron chi connectivity index (χ1n) is 9.09. The molecule has 27 heavy (non-hydrogen) atoms. The van der Waals surface area contributed by atoms with Gasteiger partial charge in [-0.25, -0.2) is 8.42 Å². The van der Waals surface area contributed by atoms with E-state index in [0.717, 1.165) is 5.56 Å². The lowest BCUT2D eigenvalue weighted by Crippen LogP contribution is -2.70. The number of para-hydroxylation sites is 1. The number of hydrogen-bond acceptors (Lipinski definition) is 4. The van der Waals surface area contributed by atoms with Gasteiger partial charge >= 0.3 is 0 Å². The number of benzene rings is 2. The average molecular weight is 386 g/mol. The molecule has 1 saturated heterocycles. The van der Waals surface area contributed by atoms with Crippen LogP contribution in [0.5, 0.6) is 0 Å². The summed E-state index contributed by atoms with van der Waals surface area (Å²) in [5.74, 6) is -0.115. The lowest BCUT2D eigenvalue weighted by molar-refractivity contribution is -0.149. The Bertz CT molecular complexity index is 961. The van der Waals surface area contributed by atoms with Crippen LogP contribution < -0.4 is 4.31 Å². The van der Waals surface area contributed by atoms with Gasteiger partial charge in [0.2, 0.25) is 5.91 Å². The Kier molecular flexibility index (Phi) is 4.44. The standard InChI is InChI=1S/C20H22N2O4S/c1-2-19(24)22-17-12-21(27(25,26)14-8-4-3-5-9-14)16-11-7-6-10-15(16)20(17)18(22)13-23/h3-11,17-18,20,23H,2,12-13H2,1H3/t17-,18+,20+/m0/s1. The molecular formula is C20H22N2O4S. The van der Waals surface area contributed by atoms with Gasteiger partial charge in [-0.3, -0.25) is 9.10 Å². The van der Waals surface area contributed by atoms with Crippen LogP contribution >= 0.6 is 0 Å². The Hall–Kier alpha value is -2.38. The van der Waals surface area contributed by atoms with Crippen molar-refractivity contribution in [2.75, 3.05) is 17.5 Å². The highest BCUT2D eigenvalue weighted by Crippen LogP contribution is 2.49. The van der Waals surface area contributed by atoms with Crippen molar-refractivity contribution in [1.29, 1.82) is 0 Å². The fourth-order valence-electron chi connectivity index (χ4n) is 4.33. The Morgan fingerprint density at radius 2 is 1.78 bits per heavy atom. The maximum atomic E-state index is 13.3. The molecule has 0 aromatic heterocycles. The second kappa shape index (κ2) is 6.65. The van der Waals surface area contributed by atoms with Gasteiger partial charge in [0.25, 0.3) is 10.0 Å². The van der Waals surface area contributed by atoms with Crippen molar-refractivity contribution in [2.24, 2.45) is 0 Å². The molecule has 1 N–H and O–H groups in total. The number of hydrogen-bond donors (Lipinski definition) is 1. The molecule has 0 bridgehead atoms. The van der Waals surface area contributed by atoms with E-state index in [0.29, 0.717) is 12.1 Å². The summed E-state index contributed by atoms with van der Waals surface area (Å²) >= 11 is 0. The van der Waals surface area contributed by atoms with E-state index in [1.807, 2.05) is 18.2 Å². The van der Waals surface area contributed by atoms with Gasteiger partial charge in [0.15, 0.2) is 0 Å². The Morgan fingerprint density at radius 1 is 1.11 bits per heavy atom. The SMILES string of the molecule is CCC(=O)N1[C@H](CO)[C@@H]2c3ccccc3N(S(=O)(=O)c3ccccc3)C[C@@H]21. The molecule has 1 fully saturated rings. The maximum absolute atomic E-state index is 13.3. The van der Waals surface area contributed by atoms with Crippen molar-refractivity contribution >= 4 is 21.6 Å². The summed E-state index contributed by atoms with van der Waals surface area (Å²) in [7, 11) is -3.75. The molecule has 0 unspecified atom stereocenters. The Labute approximate surface area is 159 Å². The average Bonchev–Trinajstić information content (AvgIpc) is 2.68. The van der Waals surface area contributed by atoms with Crippen LogP contribution in [0.1, 0.15) is 24.8 Å². The van der Waals surface area contributed by atoms with Crippen molar-refractivity contribution in [3.05, 3.63) is 60.2 Å². The van der Waals surface area contributed by atoms with Crippen LogP contribution in [0.2, 0.25) is 0 Å². The van der Waals surface area contributed by atoms with Crippen molar-refractivity contribution in [1.82, 2.24) is 4.90 Å². The van der Waals surface area contributed by atoms with E-state index in [-0.39, 0.29) is 42.0 Å². The van der Waals surface area contributed by atoms with Crippen LogP contribution in [0, 0.1) is 0 Å². The van der Waals surface area contributed by atoms with Crippen molar-refractivity contribution in [3.8, 4) is 0 Å². The summed E-state index contributed by atoms with van der Waals surface area (Å²) in [5.41, 5.74) is 1.50. The summed E-state index contributed by atoms with van der Waals surface area (Å²) in [5, 5.41) is 9.84. The lowest BCUT2D eigenvalue weighted by Gasteiger charge is -2.58. The van der Waals surface area contributed by atoms with Gasteiger partial charge in [0.1, 0.15) is 0 Å². The number of anilines is 1. The fourth-order valence-corrected chi connectivity index (χ4v) is 5.86. The molecular weight excluding hydrogens is 364 g/mol. The monoisotopic (exact) mass is 386 g/mol. The quantitative estimate of drug-likeness (QED) is 0.871. The van der Waals surface area contributed by atoms with Gasteiger partial charge in [0.05, 0.1) is 35.8 Å². The molecule has 142 valence electrons. The predicted octanol–water partition coefficient (Wildman–Crippen LogP) is 1.96. The van der Waals surface area contributed by atoms with Gasteiger partial charge in [-0.1, -0.05) is 43.3 Å². The van der Waals surface area contributed by atoms with Crippen LogP contribution in [-0.4, -0.2) is 49.6 Å². The molecule has 0 aliphatic carbocycles. The molecule has 2 aliphatic rings. The second-order valence-corrected chi connectivity index (χ2v) is 8.77. The molecule has 7 heteroatoms. The van der Waals surface area contributed by atoms with Gasteiger partial charge in [-0.05, 0) is 23.8 Å². The maximum Gasteiger partial charge on any atom is 0.264 e. The molecule has 0 spiro atoms. The summed E-state index contributed by atoms with van der Waals surface area (Å²) in [6, 6.07) is 15.1. The van der Waals surface area contributed by atoms with Crippen molar-refractivity contribution in [3.63, 3.8) is 0 Å². The van der Waals surface area contributed by atoms with Crippen LogP contribution in [0.4, 0.5) is 5.69 Å². The highest BCUT2D eigenvalue weighted by Gasteiger charge is 2.55. The third-order valence-corrected chi connectivity index (χ3v) is 7.36. The summed E-state index contributed by atoms with van der Waals surface area (Å²) < 4.78 is 28.0. The highest BCUT2D eigenvalue weighted by atomic mass is 32.2. The van der Waals surface area contributed by atoms with E-state index in [4.69, 9.17) is 0 Å². The number of aliphatic hydroxyl groups is 1. The van der Waals surface area contributed by atoms with E-state index in [9.17, 15) is 18.3 Å². The number of fused-ring (bicyclic) bond motifs is 3. The molecule has 2 aliphatic heterocycles. The minimum absolute atomic E-state index is 0.0519. The number of rotatable bonds is 4. The number of likely N-dealkylation sites (tertiary alicyclic amines) is 1. The van der Waals surface area contributed by atoms with Crippen molar-refractivity contribution < 1.29 is 18.3 Å². The molecule has 2 heterocycles. The number of aliphatic hydroxyl groups excluding tert-OH is 1. The van der Waals surface area contributed by atoms with Gasteiger partial charge in [-0.15, -0.1) is 0 Å². The minimum atomic E-state index is -3.75. The van der Waals surface area contributed by atoms with Crippen LogP contribution in [0.15, 0.2) is 59.5 Å². The first-order chi connectivity index (χ1) is 13.0. The van der Waals surface area contributed by atoms with E-state index in [2.05, 4.69) is 0 Å². The molecule has 0 saturated carbocycles. The molecule has 3 atom stereocenters. The first-order valence-corrected chi connectivity index (χ1v) is 10.5. The molecule has 2 aromatic carbocycles. The zero-order valence-electron chi connectivity index (χ0n) is 15.0. The number of sulfonamides is 1. The summed E-state index contributed by atoms with van der Waals surface area (Å²) in [6.07, 6.45) is 0.326. The Morgan fingerprint density at radius 3 is 2.44 bits per heavy atom. The zero-order valence-corrected chi connectivity index (χ0v) is 15.8. The van der Waals surface area contributed by atoms with Gasteiger partial charge in [-0.2, -0.15) is 0 Å². The Balaban J connectivity index is 1.81. The predicted molar refractivity (Wildman–Crippen MR) is 102 cm³/mol. The topological polar surface area (TPSA) is 77.9 Å². The van der Waals surface area contributed by atoms with Crippen LogP contribution in [0.25, 0.3) is 0 Å². The smallest absolute Gasteiger partial charge is 0.264 e. The third kappa shape index (κ3) is 2.64. The molecule has 6 nitrogen and oxygen atoms in total. The van der Waals surface area contributed by atoms with Gasteiger partial charge in [0, 0.05) is 12.3 Å². The largest absolute Gasteiger partial charge is 0.394 e. The number of carbonyl (C=O) groups is 1. The normalized spacial score (nSPS) is 24.0. The first kappa shape index (κ1) is 18.0. The molecule has 0 radical (unpaired) electrons. The number of nitrogens with zero attached hydrogens (tertiary/aromatic N) is 2. The second-order valence-electron chi connectivity index (χ2n) is 6.91. The number of amides is 1. The van der Waals surface area contributed by atoms with Gasteiger partial charge < -0.3 is 10.0 Å². The van der Waals surface area contributed by atoms with E-state index < -0.39 is 10.0 Å². The third-order valence-electron chi connectivity index (χ3n) is 5.57. The van der Waals surface area contributed by atoms with E-state index in [1.165, 1.54) is 4.31 Å². The fraction of sp³-hybridized carbons (Fsp3) is 0.350. The highest BCUT2D eigenvalue weighted by molar-refractivity contribution is 7.92. The summed E-state index contributed by atoms with van der Waals surface area (Å²) in [4.78, 5) is 14.3. The van der Waals surface area contributed by atoms with Crippen LogP contribution in [-0.2, 0) is 14.8 Å². The summed E-state index contributed by atoms with van der Waals surface area (Å²) in [6.45, 7) is 1.84. The van der Waals surface area contributed by atoms with Crippen LogP contribution in [0.3, 0.4) is 0 Å². The van der Waals surface area contributed by atoms with E-state index in [1.54, 1.807) is 48.2 Å². The van der Waals surface area contributed by atoms with Crippen molar-refractivity contribution in [2.45, 2.75) is 36.2 Å². The molecule has 4 rings (SSSR count). The number of carbonyl (C=O) groups excluding carboxylic acids is 1. The zero-order chi connectivity index (χ0) is 19.2. The molecule has 1 amide bonds. The minimum Gasteiger partial charge on any atom is -0.394 e. The molecule has 2 aromatic rings. The van der Waals surface area contributed by atoms with E-state index >= 15 is 0 Å².